The van der Waals surface area contributed by atoms with Crippen LogP contribution in [0.1, 0.15) is 71.6 Å². The van der Waals surface area contributed by atoms with Crippen LogP contribution in [0.4, 0.5) is 0 Å². The highest BCUT2D eigenvalue weighted by Crippen LogP contribution is 2.73. The molecule has 5 rings (SSSR count). The Bertz CT molecular complexity index is 540. The molecule has 134 valence electrons. The topological polar surface area (TPSA) is 18.5 Å². The van der Waals surface area contributed by atoms with Gasteiger partial charge in [-0.1, -0.05) is 25.0 Å². The van der Waals surface area contributed by atoms with Crippen LogP contribution in [0.5, 0.6) is 0 Å². The van der Waals surface area contributed by atoms with Crippen molar-refractivity contribution in [3.8, 4) is 0 Å². The molecule has 0 aromatic rings. The Morgan fingerprint density at radius 2 is 2.08 bits per heavy atom. The van der Waals surface area contributed by atoms with Crippen LogP contribution in [-0.2, 0) is 9.78 Å². The summed E-state index contributed by atoms with van der Waals surface area (Å²) in [5, 5.41) is 0. The Morgan fingerprint density at radius 1 is 1.17 bits per heavy atom. The van der Waals surface area contributed by atoms with Crippen molar-refractivity contribution < 1.29 is 9.78 Å². The molecule has 0 N–H and O–H groups in total. The van der Waals surface area contributed by atoms with Crippen molar-refractivity contribution in [2.45, 2.75) is 71.6 Å². The van der Waals surface area contributed by atoms with E-state index in [2.05, 4.69) is 13.0 Å². The van der Waals surface area contributed by atoms with Gasteiger partial charge in [0.25, 0.3) is 0 Å². The van der Waals surface area contributed by atoms with Gasteiger partial charge >= 0.3 is 0 Å². The van der Waals surface area contributed by atoms with Gasteiger partial charge in [0.05, 0.1) is 13.2 Å². The van der Waals surface area contributed by atoms with Crippen LogP contribution in [0.25, 0.3) is 0 Å². The van der Waals surface area contributed by atoms with E-state index in [4.69, 9.17) is 9.78 Å². The van der Waals surface area contributed by atoms with Crippen LogP contribution < -0.4 is 0 Å². The molecule has 0 spiro atoms. The van der Waals surface area contributed by atoms with Crippen molar-refractivity contribution in [1.29, 1.82) is 0 Å². The van der Waals surface area contributed by atoms with Gasteiger partial charge in [0.1, 0.15) is 0 Å². The Labute approximate surface area is 147 Å². The van der Waals surface area contributed by atoms with Crippen LogP contribution in [0.15, 0.2) is 11.6 Å². The van der Waals surface area contributed by atoms with Gasteiger partial charge in [-0.25, -0.2) is 9.78 Å². The first kappa shape index (κ1) is 15.9. The molecule has 0 heterocycles. The van der Waals surface area contributed by atoms with E-state index in [-0.39, 0.29) is 0 Å². The first-order valence-corrected chi connectivity index (χ1v) is 10.6. The largest absolute Gasteiger partial charge is 0.237 e. The van der Waals surface area contributed by atoms with E-state index in [1.54, 1.807) is 0 Å². The van der Waals surface area contributed by atoms with Gasteiger partial charge in [-0.3, -0.25) is 0 Å². The summed E-state index contributed by atoms with van der Waals surface area (Å²) >= 11 is 0. The fourth-order valence-corrected chi connectivity index (χ4v) is 7.87. The minimum absolute atomic E-state index is 0.445. The third-order valence-electron chi connectivity index (χ3n) is 8.87. The summed E-state index contributed by atoms with van der Waals surface area (Å²) in [6, 6.07) is 0. The fourth-order valence-electron chi connectivity index (χ4n) is 7.87. The van der Waals surface area contributed by atoms with Crippen molar-refractivity contribution in [2.24, 2.45) is 40.4 Å². The molecule has 4 fully saturated rings. The van der Waals surface area contributed by atoms with E-state index >= 15 is 0 Å². The molecular formula is C22H34O2. The molecule has 0 aliphatic heterocycles. The van der Waals surface area contributed by atoms with Crippen molar-refractivity contribution in [3.63, 3.8) is 0 Å². The average Bonchev–Trinajstić information content (AvgIpc) is 3.25. The summed E-state index contributed by atoms with van der Waals surface area (Å²) < 4.78 is 0. The lowest BCUT2D eigenvalue weighted by Gasteiger charge is -2.58. The van der Waals surface area contributed by atoms with E-state index in [0.29, 0.717) is 17.4 Å². The molecule has 0 amide bonds. The number of allylic oxidation sites excluding steroid dienone is 2. The molecule has 0 aromatic carbocycles. The van der Waals surface area contributed by atoms with Crippen molar-refractivity contribution in [3.05, 3.63) is 11.6 Å². The normalized spacial score (nSPS) is 51.9. The van der Waals surface area contributed by atoms with E-state index in [1.807, 2.05) is 12.5 Å². The zero-order chi connectivity index (χ0) is 16.4. The minimum Gasteiger partial charge on any atom is -0.237 e. The molecule has 24 heavy (non-hydrogen) atoms. The summed E-state index contributed by atoms with van der Waals surface area (Å²) in [4.78, 5) is 11.0. The van der Waals surface area contributed by atoms with Crippen LogP contribution in [0, 0.1) is 40.4 Å². The molecule has 2 nitrogen and oxygen atoms in total. The second-order valence-corrected chi connectivity index (χ2v) is 9.82. The van der Waals surface area contributed by atoms with Crippen molar-refractivity contribution in [1.82, 2.24) is 0 Å². The molecular weight excluding hydrogens is 296 g/mol. The van der Waals surface area contributed by atoms with Gasteiger partial charge in [-0.05, 0) is 93.3 Å². The Kier molecular flexibility index (Phi) is 3.69. The van der Waals surface area contributed by atoms with E-state index in [1.165, 1.54) is 57.8 Å². The average molecular weight is 331 g/mol. The molecule has 0 saturated heterocycles. The van der Waals surface area contributed by atoms with Crippen molar-refractivity contribution >= 4 is 0 Å². The summed E-state index contributed by atoms with van der Waals surface area (Å²) in [5.74, 6) is 4.82. The first-order chi connectivity index (χ1) is 11.7. The van der Waals surface area contributed by atoms with E-state index in [9.17, 15) is 0 Å². The quantitative estimate of drug-likeness (QED) is 0.292. The molecule has 0 unspecified atom stereocenters. The summed E-state index contributed by atoms with van der Waals surface area (Å²) in [5.41, 5.74) is 2.81. The van der Waals surface area contributed by atoms with Gasteiger partial charge in [-0.2, -0.15) is 0 Å². The Morgan fingerprint density at radius 3 is 2.96 bits per heavy atom. The number of fused-ring (bicyclic) bond motifs is 7. The Hall–Kier alpha value is -0.340. The first-order valence-electron chi connectivity index (χ1n) is 10.6. The van der Waals surface area contributed by atoms with Crippen LogP contribution in [0.3, 0.4) is 0 Å². The maximum atomic E-state index is 5.69. The summed E-state index contributed by atoms with van der Waals surface area (Å²) in [7, 11) is 0. The van der Waals surface area contributed by atoms with Gasteiger partial charge in [-0.15, -0.1) is 0 Å². The number of rotatable bonds is 4. The molecule has 2 heteroatoms. The molecule has 5 aliphatic carbocycles. The maximum absolute atomic E-state index is 5.69. The molecule has 0 radical (unpaired) electrons. The summed E-state index contributed by atoms with van der Waals surface area (Å²) in [6.45, 7) is 6.17. The van der Waals surface area contributed by atoms with E-state index in [0.717, 1.165) is 36.2 Å². The molecule has 0 bridgehead atoms. The predicted octanol–water partition coefficient (Wildman–Crippen LogP) is 5.53. The van der Waals surface area contributed by atoms with Gasteiger partial charge < -0.3 is 0 Å². The van der Waals surface area contributed by atoms with Gasteiger partial charge in [0.2, 0.25) is 0 Å². The fraction of sp³-hybridized carbons (Fsp3) is 0.909. The Balaban J connectivity index is 1.44. The number of hydrogen-bond acceptors (Lipinski definition) is 2. The zero-order valence-electron chi connectivity index (χ0n) is 15.6. The molecule has 5 aliphatic rings. The SMILES string of the molecule is CCOOC[C@]12CC[C@H]3[C@@H](CC=C4CCCC[C@@]43C)[C@@H]1[C@@H]1C[C@@H]1C2. The lowest BCUT2D eigenvalue weighted by Crippen LogP contribution is -2.51. The van der Waals surface area contributed by atoms with Gasteiger partial charge in [0, 0.05) is 5.41 Å². The maximum Gasteiger partial charge on any atom is 0.0881 e. The second-order valence-electron chi connectivity index (χ2n) is 9.82. The second kappa shape index (κ2) is 5.58. The third kappa shape index (κ3) is 2.14. The molecule has 7 atom stereocenters. The van der Waals surface area contributed by atoms with E-state index < -0.39 is 0 Å². The molecule has 0 aromatic heterocycles. The zero-order valence-corrected chi connectivity index (χ0v) is 15.6. The summed E-state index contributed by atoms with van der Waals surface area (Å²) in [6.07, 6.45) is 15.5. The van der Waals surface area contributed by atoms with Crippen molar-refractivity contribution in [2.75, 3.05) is 13.2 Å². The lowest BCUT2D eigenvalue weighted by molar-refractivity contribution is -0.315. The lowest BCUT2D eigenvalue weighted by atomic mass is 9.47. The van der Waals surface area contributed by atoms with Gasteiger partial charge in [0.15, 0.2) is 0 Å². The van der Waals surface area contributed by atoms with Crippen LogP contribution >= 0.6 is 0 Å². The minimum atomic E-state index is 0.445. The smallest absolute Gasteiger partial charge is 0.0881 e. The number of hydrogen-bond donors (Lipinski definition) is 0. The standard InChI is InChI=1S/C22H34O2/c1-3-23-24-14-22-11-9-19-17(20(22)18-12-15(18)13-22)8-7-16-6-4-5-10-21(16,19)2/h7,15,17-20H,3-6,8-14H2,1-2H3/t15-,17-,18-,19+,20-,21+,22-/m1/s1. The monoisotopic (exact) mass is 330 g/mol. The highest BCUT2D eigenvalue weighted by molar-refractivity contribution is 5.26. The predicted molar refractivity (Wildman–Crippen MR) is 95.2 cm³/mol. The third-order valence-corrected chi connectivity index (χ3v) is 8.87. The highest BCUT2D eigenvalue weighted by atomic mass is 17.2. The highest BCUT2D eigenvalue weighted by Gasteiger charge is 2.67. The van der Waals surface area contributed by atoms with Crippen LogP contribution in [-0.4, -0.2) is 13.2 Å². The molecule has 4 saturated carbocycles. The van der Waals surface area contributed by atoms with Crippen LogP contribution in [0.2, 0.25) is 0 Å².